The largest absolute Gasteiger partial charge is 0.481 e. The summed E-state index contributed by atoms with van der Waals surface area (Å²) in [4.78, 5) is 39.2. The molecule has 2 saturated heterocycles. The van der Waals surface area contributed by atoms with Gasteiger partial charge in [0, 0.05) is 37.1 Å². The van der Waals surface area contributed by atoms with E-state index in [1.165, 1.54) is 11.0 Å². The van der Waals surface area contributed by atoms with Gasteiger partial charge in [-0.2, -0.15) is 0 Å². The average molecular weight is 369 g/mol. The fourth-order valence-corrected chi connectivity index (χ4v) is 4.16. The van der Waals surface area contributed by atoms with Crippen molar-refractivity contribution in [1.82, 2.24) is 9.80 Å². The van der Waals surface area contributed by atoms with Gasteiger partial charge in [-0.3, -0.25) is 14.4 Å². The monoisotopic (exact) mass is 368 g/mol. The third-order valence-corrected chi connectivity index (χ3v) is 5.61. The number of carboxylic acids is 1. The first-order valence-electron chi connectivity index (χ1n) is 7.99. The molecule has 0 saturated carbocycles. The minimum Gasteiger partial charge on any atom is -0.481 e. The third-order valence-electron chi connectivity index (χ3n) is 5.39. The predicted molar refractivity (Wildman–Crippen MR) is 87.8 cm³/mol. The minimum atomic E-state index is -0.991. The quantitative estimate of drug-likeness (QED) is 0.866. The highest BCUT2D eigenvalue weighted by Crippen LogP contribution is 2.43. The number of benzene rings is 1. The Hall–Kier alpha value is -2.15. The number of carbonyl (C=O) groups excluding carboxylic acids is 2. The van der Waals surface area contributed by atoms with Crippen LogP contribution in [0.2, 0.25) is 5.02 Å². The Morgan fingerprint density at radius 2 is 1.92 bits per heavy atom. The Balaban J connectivity index is 1.78. The smallest absolute Gasteiger partial charge is 0.309 e. The number of amides is 2. The maximum atomic E-state index is 13.5. The molecule has 1 atom stereocenters. The van der Waals surface area contributed by atoms with E-state index in [0.717, 1.165) is 12.1 Å². The molecule has 2 heterocycles. The number of carbonyl (C=O) groups is 3. The molecule has 25 heavy (non-hydrogen) atoms. The van der Waals surface area contributed by atoms with Crippen LogP contribution in [-0.2, 0) is 9.59 Å². The van der Waals surface area contributed by atoms with Gasteiger partial charge >= 0.3 is 5.97 Å². The highest BCUT2D eigenvalue weighted by molar-refractivity contribution is 6.31. The average Bonchev–Trinajstić information content (AvgIpc) is 2.79. The van der Waals surface area contributed by atoms with E-state index in [1.54, 1.807) is 11.9 Å². The molecule has 1 N–H and O–H groups in total. The zero-order chi connectivity index (χ0) is 18.4. The Bertz CT molecular complexity index is 726. The van der Waals surface area contributed by atoms with Gasteiger partial charge in [-0.15, -0.1) is 0 Å². The number of hydrogen-bond acceptors (Lipinski definition) is 3. The lowest BCUT2D eigenvalue weighted by molar-refractivity contribution is -0.145. The lowest BCUT2D eigenvalue weighted by Gasteiger charge is -2.45. The van der Waals surface area contributed by atoms with Gasteiger partial charge in [-0.25, -0.2) is 4.39 Å². The lowest BCUT2D eigenvalue weighted by atomic mass is 9.77. The molecule has 0 bridgehead atoms. The van der Waals surface area contributed by atoms with Crippen LogP contribution in [0.1, 0.15) is 29.6 Å². The maximum Gasteiger partial charge on any atom is 0.309 e. The second kappa shape index (κ2) is 6.29. The summed E-state index contributed by atoms with van der Waals surface area (Å²) in [5, 5.41) is 9.61. The van der Waals surface area contributed by atoms with E-state index in [2.05, 4.69) is 0 Å². The van der Waals surface area contributed by atoms with Crippen LogP contribution in [-0.4, -0.2) is 58.4 Å². The van der Waals surface area contributed by atoms with Gasteiger partial charge in [0.05, 0.1) is 11.5 Å². The van der Waals surface area contributed by atoms with Crippen molar-refractivity contribution in [3.05, 3.63) is 34.6 Å². The van der Waals surface area contributed by atoms with Gasteiger partial charge in [0.15, 0.2) is 0 Å². The molecule has 6 nitrogen and oxygen atoms in total. The van der Waals surface area contributed by atoms with Crippen LogP contribution < -0.4 is 0 Å². The van der Waals surface area contributed by atoms with Gasteiger partial charge in [-0.05, 0) is 31.0 Å². The van der Waals surface area contributed by atoms with E-state index in [1.807, 2.05) is 0 Å². The first-order valence-corrected chi connectivity index (χ1v) is 8.37. The minimum absolute atomic E-state index is 0.0146. The van der Waals surface area contributed by atoms with E-state index in [4.69, 9.17) is 11.6 Å². The van der Waals surface area contributed by atoms with Gasteiger partial charge in [-0.1, -0.05) is 11.6 Å². The fourth-order valence-electron chi connectivity index (χ4n) is 3.94. The number of halogens is 2. The molecular formula is C17H18ClFN2O4. The Kier molecular flexibility index (Phi) is 4.45. The van der Waals surface area contributed by atoms with Crippen molar-refractivity contribution in [2.45, 2.75) is 24.8 Å². The predicted octanol–water partition coefficient (Wildman–Crippen LogP) is 2.02. The summed E-state index contributed by atoms with van der Waals surface area (Å²) < 4.78 is 13.5. The summed E-state index contributed by atoms with van der Waals surface area (Å²) in [6.45, 7) is 0.600. The number of aliphatic carboxylic acids is 1. The Morgan fingerprint density at radius 3 is 2.48 bits per heavy atom. The van der Waals surface area contributed by atoms with Crippen molar-refractivity contribution < 1.29 is 23.9 Å². The molecule has 1 spiro atoms. The molecule has 8 heteroatoms. The van der Waals surface area contributed by atoms with Crippen molar-refractivity contribution in [3.8, 4) is 0 Å². The Morgan fingerprint density at radius 1 is 1.28 bits per heavy atom. The van der Waals surface area contributed by atoms with E-state index in [-0.39, 0.29) is 28.8 Å². The molecule has 1 aromatic rings. The van der Waals surface area contributed by atoms with Gasteiger partial charge < -0.3 is 14.9 Å². The SMILES string of the molecule is CN1C(=O)CC(C(=O)O)C12CCN(C(=O)c1cc(F)cc(Cl)c1)CC2. The van der Waals surface area contributed by atoms with Crippen molar-refractivity contribution >= 4 is 29.4 Å². The van der Waals surface area contributed by atoms with E-state index in [0.29, 0.717) is 25.9 Å². The van der Waals surface area contributed by atoms with Crippen molar-refractivity contribution in [3.63, 3.8) is 0 Å². The molecule has 2 aliphatic rings. The van der Waals surface area contributed by atoms with Gasteiger partial charge in [0.2, 0.25) is 5.91 Å². The van der Waals surface area contributed by atoms with Crippen molar-refractivity contribution in [2.75, 3.05) is 20.1 Å². The van der Waals surface area contributed by atoms with Crippen LogP contribution in [0, 0.1) is 11.7 Å². The molecule has 0 aromatic heterocycles. The number of hydrogen-bond donors (Lipinski definition) is 1. The third kappa shape index (κ3) is 2.97. The van der Waals surface area contributed by atoms with E-state index < -0.39 is 23.2 Å². The molecule has 3 rings (SSSR count). The molecular weight excluding hydrogens is 351 g/mol. The standard InChI is InChI=1S/C17H18ClFN2O4/c1-20-14(22)9-13(16(24)25)17(20)2-4-21(5-3-17)15(23)10-6-11(18)8-12(19)7-10/h6-8,13H,2-5,9H2,1H3,(H,24,25). The molecule has 0 aliphatic carbocycles. The topological polar surface area (TPSA) is 77.9 Å². The molecule has 2 amide bonds. The molecule has 1 aromatic carbocycles. The zero-order valence-corrected chi connectivity index (χ0v) is 14.4. The first kappa shape index (κ1) is 17.7. The van der Waals surface area contributed by atoms with Crippen LogP contribution in [0.15, 0.2) is 18.2 Å². The summed E-state index contributed by atoms with van der Waals surface area (Å²) in [7, 11) is 1.62. The van der Waals surface area contributed by atoms with Crippen LogP contribution >= 0.6 is 11.6 Å². The number of rotatable bonds is 2. The molecule has 134 valence electrons. The van der Waals surface area contributed by atoms with Crippen LogP contribution in [0.25, 0.3) is 0 Å². The molecule has 1 unspecified atom stereocenters. The number of piperidine rings is 1. The van der Waals surface area contributed by atoms with Gasteiger partial charge in [0.25, 0.3) is 5.91 Å². The number of nitrogens with zero attached hydrogens (tertiary/aromatic N) is 2. The Labute approximate surface area is 149 Å². The second-order valence-electron chi connectivity index (χ2n) is 6.60. The van der Waals surface area contributed by atoms with E-state index in [9.17, 15) is 23.9 Å². The first-order chi connectivity index (χ1) is 11.7. The summed E-state index contributed by atoms with van der Waals surface area (Å²) in [6, 6.07) is 3.66. The second-order valence-corrected chi connectivity index (χ2v) is 7.04. The van der Waals surface area contributed by atoms with Crippen molar-refractivity contribution in [1.29, 1.82) is 0 Å². The summed E-state index contributed by atoms with van der Waals surface area (Å²) >= 11 is 5.80. The fraction of sp³-hybridized carbons (Fsp3) is 0.471. The number of carboxylic acid groups (broad SMARTS) is 1. The van der Waals surface area contributed by atoms with Crippen LogP contribution in [0.5, 0.6) is 0 Å². The van der Waals surface area contributed by atoms with Crippen LogP contribution in [0.4, 0.5) is 4.39 Å². The van der Waals surface area contributed by atoms with Crippen LogP contribution in [0.3, 0.4) is 0 Å². The molecule has 2 fully saturated rings. The van der Waals surface area contributed by atoms with Gasteiger partial charge in [0.1, 0.15) is 5.82 Å². The summed E-state index contributed by atoms with van der Waals surface area (Å²) in [5.74, 6) is -2.89. The summed E-state index contributed by atoms with van der Waals surface area (Å²) in [5.41, 5.74) is -0.606. The zero-order valence-electron chi connectivity index (χ0n) is 13.7. The lowest BCUT2D eigenvalue weighted by Crippen LogP contribution is -2.56. The molecule has 0 radical (unpaired) electrons. The number of likely N-dealkylation sites (tertiary alicyclic amines) is 2. The normalized spacial score (nSPS) is 22.5. The summed E-state index contributed by atoms with van der Waals surface area (Å²) in [6.07, 6.45) is 0.737. The molecule has 2 aliphatic heterocycles. The maximum absolute atomic E-state index is 13.5. The van der Waals surface area contributed by atoms with E-state index >= 15 is 0 Å². The highest BCUT2D eigenvalue weighted by atomic mass is 35.5. The highest BCUT2D eigenvalue weighted by Gasteiger charge is 2.55. The van der Waals surface area contributed by atoms with Crippen molar-refractivity contribution in [2.24, 2.45) is 5.92 Å².